The van der Waals surface area contributed by atoms with Gasteiger partial charge in [-0.05, 0) is 18.7 Å². The third kappa shape index (κ3) is 2.96. The van der Waals surface area contributed by atoms with Crippen molar-refractivity contribution in [3.8, 4) is 0 Å². The molecule has 0 fully saturated rings. The van der Waals surface area contributed by atoms with Crippen LogP contribution in [0.15, 0.2) is 26.6 Å². The normalized spacial score (nSPS) is 10.5. The van der Waals surface area contributed by atoms with E-state index in [-0.39, 0.29) is 12.0 Å². The summed E-state index contributed by atoms with van der Waals surface area (Å²) in [5.41, 5.74) is 0.396. The molecular formula is C10H9N3O3S2. The first kappa shape index (κ1) is 12.8. The summed E-state index contributed by atoms with van der Waals surface area (Å²) in [6.07, 6.45) is 2.89. The predicted octanol–water partition coefficient (Wildman–Crippen LogP) is 1.31. The number of carboxylic acid groups (broad SMARTS) is 1. The maximum atomic E-state index is 11.4. The molecule has 0 aliphatic rings. The third-order valence-corrected chi connectivity index (χ3v) is 4.25. The first-order valence-corrected chi connectivity index (χ1v) is 6.59. The number of aromatic nitrogens is 3. The number of rotatable bonds is 4. The number of nitrogens with zero attached hydrogens (tertiary/aromatic N) is 2. The fraction of sp³-hybridized carbons (Fsp3) is 0.200. The molecule has 0 aromatic carbocycles. The second-order valence-electron chi connectivity index (χ2n) is 3.38. The zero-order chi connectivity index (χ0) is 13.1. The molecule has 6 nitrogen and oxygen atoms in total. The highest BCUT2D eigenvalue weighted by Crippen LogP contribution is 2.30. The first-order valence-electron chi connectivity index (χ1n) is 4.96. The lowest BCUT2D eigenvalue weighted by molar-refractivity contribution is -0.136. The van der Waals surface area contributed by atoms with Crippen LogP contribution in [-0.2, 0) is 11.2 Å². The van der Waals surface area contributed by atoms with E-state index in [2.05, 4.69) is 15.0 Å². The number of H-pyrrole nitrogens is 1. The van der Waals surface area contributed by atoms with Crippen LogP contribution in [0.1, 0.15) is 10.6 Å². The molecule has 2 rings (SSSR count). The van der Waals surface area contributed by atoms with Gasteiger partial charge in [0.1, 0.15) is 0 Å². The van der Waals surface area contributed by atoms with Crippen LogP contribution in [-0.4, -0.2) is 26.0 Å². The number of aromatic amines is 1. The van der Waals surface area contributed by atoms with Gasteiger partial charge >= 0.3 is 5.97 Å². The van der Waals surface area contributed by atoms with Crippen molar-refractivity contribution in [1.29, 1.82) is 0 Å². The van der Waals surface area contributed by atoms with Crippen LogP contribution in [0.25, 0.3) is 0 Å². The maximum absolute atomic E-state index is 11.4. The number of hydrogen-bond acceptors (Lipinski definition) is 6. The molecule has 0 radical (unpaired) electrons. The summed E-state index contributed by atoms with van der Waals surface area (Å²) in [6.45, 7) is 1.75. The maximum Gasteiger partial charge on any atom is 0.308 e. The van der Waals surface area contributed by atoms with Gasteiger partial charge in [-0.1, -0.05) is 0 Å². The van der Waals surface area contributed by atoms with Crippen LogP contribution in [0.3, 0.4) is 0 Å². The molecule has 0 saturated heterocycles. The Labute approximate surface area is 110 Å². The number of hydrogen-bond donors (Lipinski definition) is 2. The summed E-state index contributed by atoms with van der Waals surface area (Å²) in [5.74, 6) is -0.894. The minimum atomic E-state index is -0.894. The number of aryl methyl sites for hydroxylation is 1. The smallest absolute Gasteiger partial charge is 0.308 e. The molecule has 18 heavy (non-hydrogen) atoms. The van der Waals surface area contributed by atoms with E-state index in [0.717, 1.165) is 11.8 Å². The van der Waals surface area contributed by atoms with Crippen molar-refractivity contribution in [3.63, 3.8) is 0 Å². The molecule has 0 spiro atoms. The zero-order valence-corrected chi connectivity index (χ0v) is 11.0. The summed E-state index contributed by atoms with van der Waals surface area (Å²) in [4.78, 5) is 33.5. The molecule has 94 valence electrons. The highest BCUT2D eigenvalue weighted by Gasteiger charge is 2.13. The molecule has 0 unspecified atom stereocenters. The van der Waals surface area contributed by atoms with E-state index in [1.54, 1.807) is 6.92 Å². The second kappa shape index (κ2) is 5.32. The van der Waals surface area contributed by atoms with Crippen LogP contribution in [0.4, 0.5) is 0 Å². The molecule has 0 aliphatic carbocycles. The summed E-state index contributed by atoms with van der Waals surface area (Å²) < 4.78 is 0.618. The number of thiazole rings is 1. The molecule has 0 aliphatic heterocycles. The lowest BCUT2D eigenvalue weighted by Gasteiger charge is -1.93. The van der Waals surface area contributed by atoms with Gasteiger partial charge in [0, 0.05) is 17.3 Å². The number of nitrogens with one attached hydrogen (secondary N) is 1. The van der Waals surface area contributed by atoms with Crippen LogP contribution in [0.2, 0.25) is 0 Å². The molecule has 0 bridgehead atoms. The van der Waals surface area contributed by atoms with Crippen LogP contribution in [0.5, 0.6) is 0 Å². The largest absolute Gasteiger partial charge is 0.481 e. The SMILES string of the molecule is Cc1nc(Sc2ncc[nH]c2=O)sc1CC(=O)O. The summed E-state index contributed by atoms with van der Waals surface area (Å²) in [5, 5.41) is 9.04. The highest BCUT2D eigenvalue weighted by atomic mass is 32.2. The van der Waals surface area contributed by atoms with Crippen molar-refractivity contribution in [3.05, 3.63) is 33.3 Å². The van der Waals surface area contributed by atoms with Crippen molar-refractivity contribution in [2.75, 3.05) is 0 Å². The van der Waals surface area contributed by atoms with Crippen LogP contribution < -0.4 is 5.56 Å². The Morgan fingerprint density at radius 3 is 3.06 bits per heavy atom. The fourth-order valence-corrected chi connectivity index (χ4v) is 3.34. The molecule has 2 aromatic heterocycles. The van der Waals surface area contributed by atoms with E-state index in [0.29, 0.717) is 19.9 Å². The molecule has 2 aromatic rings. The average molecular weight is 283 g/mol. The van der Waals surface area contributed by atoms with E-state index in [9.17, 15) is 9.59 Å². The first-order chi connectivity index (χ1) is 8.56. The lowest BCUT2D eigenvalue weighted by Crippen LogP contribution is -2.08. The lowest BCUT2D eigenvalue weighted by atomic mass is 10.3. The van der Waals surface area contributed by atoms with Gasteiger partial charge < -0.3 is 10.1 Å². The molecule has 2 heterocycles. The van der Waals surface area contributed by atoms with Crippen molar-refractivity contribution in [1.82, 2.24) is 15.0 Å². The van der Waals surface area contributed by atoms with E-state index in [1.807, 2.05) is 0 Å². The summed E-state index contributed by atoms with van der Waals surface area (Å²) >= 11 is 2.41. The van der Waals surface area contributed by atoms with E-state index < -0.39 is 5.97 Å². The highest BCUT2D eigenvalue weighted by molar-refractivity contribution is 8.01. The standard InChI is InChI=1S/C10H9N3O3S2/c1-5-6(4-7(14)15)17-10(13-5)18-9-8(16)11-2-3-12-9/h2-3H,4H2,1H3,(H,11,16)(H,14,15). The zero-order valence-electron chi connectivity index (χ0n) is 9.34. The van der Waals surface area contributed by atoms with Gasteiger partial charge in [-0.2, -0.15) is 0 Å². The average Bonchev–Trinajstić information content (AvgIpc) is 2.62. The molecule has 0 atom stereocenters. The van der Waals surface area contributed by atoms with Gasteiger partial charge in [0.2, 0.25) is 0 Å². The summed E-state index contributed by atoms with van der Waals surface area (Å²) in [6, 6.07) is 0. The Morgan fingerprint density at radius 1 is 1.61 bits per heavy atom. The van der Waals surface area contributed by atoms with Gasteiger partial charge in [0.15, 0.2) is 9.37 Å². The second-order valence-corrected chi connectivity index (χ2v) is 5.70. The number of carbonyl (C=O) groups is 1. The van der Waals surface area contributed by atoms with Crippen LogP contribution in [0, 0.1) is 6.92 Å². The minimum absolute atomic E-state index is 0.0529. The Hall–Kier alpha value is -1.67. The molecule has 2 N–H and O–H groups in total. The van der Waals surface area contributed by atoms with Crippen molar-refractivity contribution in [2.45, 2.75) is 22.7 Å². The fourth-order valence-electron chi connectivity index (χ4n) is 1.24. The Bertz CT molecular complexity index is 635. The molecule has 8 heteroatoms. The van der Waals surface area contributed by atoms with Crippen LogP contribution >= 0.6 is 23.1 Å². The van der Waals surface area contributed by atoms with Gasteiger partial charge in [-0.25, -0.2) is 9.97 Å². The van der Waals surface area contributed by atoms with Gasteiger partial charge in [0.25, 0.3) is 5.56 Å². The minimum Gasteiger partial charge on any atom is -0.481 e. The number of carboxylic acids is 1. The Kier molecular flexibility index (Phi) is 3.78. The molecular weight excluding hydrogens is 274 g/mol. The van der Waals surface area contributed by atoms with Gasteiger partial charge in [0.05, 0.1) is 12.1 Å². The van der Waals surface area contributed by atoms with E-state index in [4.69, 9.17) is 5.11 Å². The monoisotopic (exact) mass is 283 g/mol. The van der Waals surface area contributed by atoms with Crippen molar-refractivity contribution >= 4 is 29.1 Å². The predicted molar refractivity (Wildman–Crippen MR) is 67.2 cm³/mol. The Morgan fingerprint density at radius 2 is 2.39 bits per heavy atom. The molecule has 0 amide bonds. The topological polar surface area (TPSA) is 95.9 Å². The van der Waals surface area contributed by atoms with Gasteiger partial charge in [-0.15, -0.1) is 11.3 Å². The van der Waals surface area contributed by atoms with Crippen molar-refractivity contribution in [2.24, 2.45) is 0 Å². The van der Waals surface area contributed by atoms with Gasteiger partial charge in [-0.3, -0.25) is 9.59 Å². The number of aliphatic carboxylic acids is 1. The Balaban J connectivity index is 2.23. The quantitative estimate of drug-likeness (QED) is 0.878. The third-order valence-electron chi connectivity index (χ3n) is 2.04. The summed E-state index contributed by atoms with van der Waals surface area (Å²) in [7, 11) is 0. The van der Waals surface area contributed by atoms with E-state index >= 15 is 0 Å². The van der Waals surface area contributed by atoms with E-state index in [1.165, 1.54) is 23.7 Å². The van der Waals surface area contributed by atoms with Crippen molar-refractivity contribution < 1.29 is 9.90 Å². The molecule has 0 saturated carbocycles.